The SMILES string of the molecule is CCC1CCC(NC(=O)c2cc(N)ccn2)C1C. The van der Waals surface area contributed by atoms with E-state index in [4.69, 9.17) is 5.73 Å². The molecule has 1 saturated carbocycles. The number of amides is 1. The maximum absolute atomic E-state index is 12.1. The number of nitrogens with one attached hydrogen (secondary N) is 1. The van der Waals surface area contributed by atoms with Crippen molar-refractivity contribution in [2.75, 3.05) is 5.73 Å². The monoisotopic (exact) mass is 247 g/mol. The molecule has 3 atom stereocenters. The van der Waals surface area contributed by atoms with Crippen molar-refractivity contribution in [3.05, 3.63) is 24.0 Å². The van der Waals surface area contributed by atoms with Crippen LogP contribution in [0, 0.1) is 11.8 Å². The van der Waals surface area contributed by atoms with Crippen LogP contribution in [0.25, 0.3) is 0 Å². The third-order valence-electron chi connectivity index (χ3n) is 4.08. The number of aromatic nitrogens is 1. The summed E-state index contributed by atoms with van der Waals surface area (Å²) in [5.41, 5.74) is 6.63. The minimum Gasteiger partial charge on any atom is -0.399 e. The van der Waals surface area contributed by atoms with E-state index >= 15 is 0 Å². The number of nitrogens with zero attached hydrogens (tertiary/aromatic N) is 1. The Bertz CT molecular complexity index is 433. The average molecular weight is 247 g/mol. The summed E-state index contributed by atoms with van der Waals surface area (Å²) in [6.07, 6.45) is 5.02. The van der Waals surface area contributed by atoms with Gasteiger partial charge < -0.3 is 11.1 Å². The van der Waals surface area contributed by atoms with E-state index in [9.17, 15) is 4.79 Å². The lowest BCUT2D eigenvalue weighted by Crippen LogP contribution is -2.37. The summed E-state index contributed by atoms with van der Waals surface area (Å²) in [6.45, 7) is 4.43. The van der Waals surface area contributed by atoms with Gasteiger partial charge in [0.1, 0.15) is 5.69 Å². The minimum atomic E-state index is -0.115. The van der Waals surface area contributed by atoms with Crippen molar-refractivity contribution in [2.45, 2.75) is 39.2 Å². The highest BCUT2D eigenvalue weighted by atomic mass is 16.1. The van der Waals surface area contributed by atoms with Gasteiger partial charge in [-0.15, -0.1) is 0 Å². The molecule has 1 aromatic heterocycles. The van der Waals surface area contributed by atoms with E-state index in [1.165, 1.54) is 12.8 Å². The minimum absolute atomic E-state index is 0.115. The molecule has 0 bridgehead atoms. The van der Waals surface area contributed by atoms with Crippen LogP contribution in [-0.2, 0) is 0 Å². The van der Waals surface area contributed by atoms with Crippen molar-refractivity contribution in [3.8, 4) is 0 Å². The number of hydrogen-bond donors (Lipinski definition) is 2. The molecule has 0 aliphatic heterocycles. The number of rotatable bonds is 3. The highest BCUT2D eigenvalue weighted by Crippen LogP contribution is 2.33. The van der Waals surface area contributed by atoms with Crippen LogP contribution >= 0.6 is 0 Å². The van der Waals surface area contributed by atoms with E-state index < -0.39 is 0 Å². The smallest absolute Gasteiger partial charge is 0.270 e. The summed E-state index contributed by atoms with van der Waals surface area (Å²) in [4.78, 5) is 16.1. The Kier molecular flexibility index (Phi) is 3.84. The molecule has 1 aliphatic carbocycles. The summed E-state index contributed by atoms with van der Waals surface area (Å²) >= 11 is 0. The Morgan fingerprint density at radius 2 is 2.33 bits per heavy atom. The fraction of sp³-hybridized carbons (Fsp3) is 0.571. The second kappa shape index (κ2) is 5.38. The van der Waals surface area contributed by atoms with Crippen molar-refractivity contribution in [3.63, 3.8) is 0 Å². The molecular weight excluding hydrogens is 226 g/mol. The van der Waals surface area contributed by atoms with Crippen molar-refractivity contribution in [1.82, 2.24) is 10.3 Å². The van der Waals surface area contributed by atoms with Crippen LogP contribution in [0.5, 0.6) is 0 Å². The first kappa shape index (κ1) is 12.9. The van der Waals surface area contributed by atoms with Crippen LogP contribution in [0.2, 0.25) is 0 Å². The normalized spacial score (nSPS) is 27.1. The predicted molar refractivity (Wildman–Crippen MR) is 72.1 cm³/mol. The zero-order valence-corrected chi connectivity index (χ0v) is 11.0. The van der Waals surface area contributed by atoms with Gasteiger partial charge in [0.25, 0.3) is 5.91 Å². The Hall–Kier alpha value is -1.58. The summed E-state index contributed by atoms with van der Waals surface area (Å²) in [6, 6.07) is 3.57. The molecule has 1 heterocycles. The first-order valence-electron chi connectivity index (χ1n) is 6.64. The Balaban J connectivity index is 2.00. The lowest BCUT2D eigenvalue weighted by atomic mass is 9.93. The molecule has 18 heavy (non-hydrogen) atoms. The van der Waals surface area contributed by atoms with Crippen LogP contribution in [-0.4, -0.2) is 16.9 Å². The number of carbonyl (C=O) groups excluding carboxylic acids is 1. The van der Waals surface area contributed by atoms with E-state index in [1.54, 1.807) is 18.3 Å². The van der Waals surface area contributed by atoms with Crippen LogP contribution in [0.3, 0.4) is 0 Å². The third kappa shape index (κ3) is 2.63. The van der Waals surface area contributed by atoms with Gasteiger partial charge in [-0.2, -0.15) is 0 Å². The van der Waals surface area contributed by atoms with Gasteiger partial charge in [-0.1, -0.05) is 20.3 Å². The molecule has 3 unspecified atom stereocenters. The van der Waals surface area contributed by atoms with Crippen molar-refractivity contribution in [1.29, 1.82) is 0 Å². The molecule has 0 aromatic carbocycles. The third-order valence-corrected chi connectivity index (χ3v) is 4.08. The van der Waals surface area contributed by atoms with Gasteiger partial charge in [0.2, 0.25) is 0 Å². The largest absolute Gasteiger partial charge is 0.399 e. The molecule has 0 spiro atoms. The van der Waals surface area contributed by atoms with Gasteiger partial charge in [0, 0.05) is 17.9 Å². The van der Waals surface area contributed by atoms with Gasteiger partial charge >= 0.3 is 0 Å². The van der Waals surface area contributed by atoms with E-state index in [1.807, 2.05) is 0 Å². The van der Waals surface area contributed by atoms with Crippen LogP contribution in [0.15, 0.2) is 18.3 Å². The van der Waals surface area contributed by atoms with Gasteiger partial charge in [0.15, 0.2) is 0 Å². The first-order chi connectivity index (χ1) is 8.61. The second-order valence-corrected chi connectivity index (χ2v) is 5.16. The molecule has 4 heteroatoms. The molecule has 1 amide bonds. The Morgan fingerprint density at radius 3 is 2.94 bits per heavy atom. The molecule has 2 rings (SSSR count). The maximum atomic E-state index is 12.1. The van der Waals surface area contributed by atoms with Gasteiger partial charge in [-0.3, -0.25) is 9.78 Å². The summed E-state index contributed by atoms with van der Waals surface area (Å²) in [7, 11) is 0. The Morgan fingerprint density at radius 1 is 1.56 bits per heavy atom. The Labute approximate surface area is 108 Å². The van der Waals surface area contributed by atoms with E-state index in [0.29, 0.717) is 17.3 Å². The zero-order chi connectivity index (χ0) is 13.1. The molecule has 1 aromatic rings. The summed E-state index contributed by atoms with van der Waals surface area (Å²) in [5, 5.41) is 3.08. The fourth-order valence-electron chi connectivity index (χ4n) is 2.84. The number of nitrogen functional groups attached to an aromatic ring is 1. The van der Waals surface area contributed by atoms with Crippen LogP contribution < -0.4 is 11.1 Å². The highest BCUT2D eigenvalue weighted by Gasteiger charge is 2.32. The maximum Gasteiger partial charge on any atom is 0.270 e. The summed E-state index contributed by atoms with van der Waals surface area (Å²) in [5.74, 6) is 1.15. The van der Waals surface area contributed by atoms with E-state index in [2.05, 4.69) is 24.1 Å². The lowest BCUT2D eigenvalue weighted by molar-refractivity contribution is 0.0921. The number of pyridine rings is 1. The molecule has 1 aliphatic rings. The van der Waals surface area contributed by atoms with Gasteiger partial charge in [-0.25, -0.2) is 0 Å². The summed E-state index contributed by atoms with van der Waals surface area (Å²) < 4.78 is 0. The lowest BCUT2D eigenvalue weighted by Gasteiger charge is -2.20. The topological polar surface area (TPSA) is 68.0 Å². The highest BCUT2D eigenvalue weighted by molar-refractivity contribution is 5.93. The number of anilines is 1. The molecule has 0 saturated heterocycles. The van der Waals surface area contributed by atoms with E-state index in [-0.39, 0.29) is 11.9 Å². The molecule has 4 nitrogen and oxygen atoms in total. The second-order valence-electron chi connectivity index (χ2n) is 5.16. The number of hydrogen-bond acceptors (Lipinski definition) is 3. The quantitative estimate of drug-likeness (QED) is 0.860. The van der Waals surface area contributed by atoms with Crippen molar-refractivity contribution in [2.24, 2.45) is 11.8 Å². The van der Waals surface area contributed by atoms with Crippen LogP contribution in [0.1, 0.15) is 43.6 Å². The van der Waals surface area contributed by atoms with Gasteiger partial charge in [-0.05, 0) is 36.8 Å². The van der Waals surface area contributed by atoms with Crippen molar-refractivity contribution >= 4 is 11.6 Å². The van der Waals surface area contributed by atoms with Crippen LogP contribution in [0.4, 0.5) is 5.69 Å². The fourth-order valence-corrected chi connectivity index (χ4v) is 2.84. The van der Waals surface area contributed by atoms with Crippen molar-refractivity contribution < 1.29 is 4.79 Å². The zero-order valence-electron chi connectivity index (χ0n) is 11.0. The first-order valence-corrected chi connectivity index (χ1v) is 6.64. The van der Waals surface area contributed by atoms with Gasteiger partial charge in [0.05, 0.1) is 0 Å². The standard InChI is InChI=1S/C14H21N3O/c1-3-10-4-5-12(9(10)2)17-14(18)13-8-11(15)6-7-16-13/h6-10,12H,3-5H2,1-2H3,(H2,15,16)(H,17,18). The number of nitrogens with two attached hydrogens (primary N) is 1. The molecule has 98 valence electrons. The molecule has 3 N–H and O–H groups in total. The molecule has 0 radical (unpaired) electrons. The average Bonchev–Trinajstić information content (AvgIpc) is 2.70. The number of carbonyl (C=O) groups is 1. The predicted octanol–water partition coefficient (Wildman–Crippen LogP) is 2.22. The molecular formula is C14H21N3O. The molecule has 1 fully saturated rings. The van der Waals surface area contributed by atoms with E-state index in [0.717, 1.165) is 12.3 Å².